The van der Waals surface area contributed by atoms with E-state index in [1.807, 2.05) is 71.6 Å². The van der Waals surface area contributed by atoms with Gasteiger partial charge in [-0.1, -0.05) is 42.5 Å². The van der Waals surface area contributed by atoms with Gasteiger partial charge in [-0.25, -0.2) is 0 Å². The molecule has 10 heteroatoms. The zero-order valence-corrected chi connectivity index (χ0v) is 24.4. The first-order valence-corrected chi connectivity index (χ1v) is 13.2. The second-order valence-corrected chi connectivity index (χ2v) is 9.18. The van der Waals surface area contributed by atoms with Crippen molar-refractivity contribution in [2.24, 2.45) is 11.5 Å². The van der Waals surface area contributed by atoms with Gasteiger partial charge in [-0.05, 0) is 60.3 Å². The quantitative estimate of drug-likeness (QED) is 0.225. The average Bonchev–Trinajstić information content (AvgIpc) is 2.98. The van der Waals surface area contributed by atoms with Crippen molar-refractivity contribution in [2.75, 3.05) is 54.6 Å². The lowest BCUT2D eigenvalue weighted by Gasteiger charge is -2.21. The van der Waals surface area contributed by atoms with E-state index in [0.29, 0.717) is 36.1 Å². The van der Waals surface area contributed by atoms with Gasteiger partial charge in [-0.2, -0.15) is 0 Å². The van der Waals surface area contributed by atoms with Crippen LogP contribution in [0.3, 0.4) is 0 Å². The minimum atomic E-state index is -0.350. The highest BCUT2D eigenvalue weighted by Gasteiger charge is 2.11. The maximum Gasteiger partial charge on any atom is 0.231 e. The van der Waals surface area contributed by atoms with E-state index in [0.717, 1.165) is 36.1 Å². The molecule has 3 aromatic carbocycles. The highest BCUT2D eigenvalue weighted by molar-refractivity contribution is 5.76. The van der Waals surface area contributed by atoms with Gasteiger partial charge in [-0.3, -0.25) is 14.5 Å². The number of primary amides is 2. The van der Waals surface area contributed by atoms with Gasteiger partial charge < -0.3 is 35.7 Å². The number of nitrogens with two attached hydrogens (primary N) is 2. The minimum Gasteiger partial charge on any atom is -0.493 e. The predicted octanol–water partition coefficient (Wildman–Crippen LogP) is 2.56. The Kier molecular flexibility index (Phi) is 14.6. The van der Waals surface area contributed by atoms with Crippen molar-refractivity contribution in [1.82, 2.24) is 10.2 Å². The molecule has 0 heterocycles. The SMILES string of the molecule is COc1ccc(CCN(CC(N)=O)Cc2ccccc2)cc1OC.COc1ccc(CCNCC(N)=O)cc1OC. The van der Waals surface area contributed by atoms with E-state index in [1.165, 1.54) is 0 Å². The molecule has 0 spiro atoms. The summed E-state index contributed by atoms with van der Waals surface area (Å²) in [5, 5.41) is 2.95. The number of benzene rings is 3. The number of carbonyl (C=O) groups is 2. The van der Waals surface area contributed by atoms with Gasteiger partial charge in [0, 0.05) is 13.1 Å². The average molecular weight is 567 g/mol. The maximum absolute atomic E-state index is 11.3. The Morgan fingerprint density at radius 1 is 0.683 bits per heavy atom. The Balaban J connectivity index is 0.000000305. The van der Waals surface area contributed by atoms with Crippen molar-refractivity contribution in [3.8, 4) is 23.0 Å². The molecular weight excluding hydrogens is 524 g/mol. The van der Waals surface area contributed by atoms with Crippen LogP contribution < -0.4 is 35.7 Å². The van der Waals surface area contributed by atoms with Crippen LogP contribution in [-0.2, 0) is 29.0 Å². The molecule has 3 aromatic rings. The van der Waals surface area contributed by atoms with Crippen molar-refractivity contribution >= 4 is 11.8 Å². The molecule has 5 N–H and O–H groups in total. The number of carbonyl (C=O) groups excluding carboxylic acids is 2. The van der Waals surface area contributed by atoms with Crippen molar-refractivity contribution in [2.45, 2.75) is 19.4 Å². The van der Waals surface area contributed by atoms with Gasteiger partial charge >= 0.3 is 0 Å². The second-order valence-electron chi connectivity index (χ2n) is 9.18. The number of nitrogens with zero attached hydrogens (tertiary/aromatic N) is 1. The summed E-state index contributed by atoms with van der Waals surface area (Å²) in [4.78, 5) is 23.9. The van der Waals surface area contributed by atoms with Gasteiger partial charge in [0.1, 0.15) is 0 Å². The van der Waals surface area contributed by atoms with E-state index in [9.17, 15) is 9.59 Å². The Hall–Kier alpha value is -4.28. The van der Waals surface area contributed by atoms with Crippen LogP contribution in [0.2, 0.25) is 0 Å². The molecule has 0 aliphatic heterocycles. The number of amides is 2. The molecule has 0 fully saturated rings. The predicted molar refractivity (Wildman–Crippen MR) is 159 cm³/mol. The normalized spacial score (nSPS) is 10.4. The fourth-order valence-electron chi connectivity index (χ4n) is 4.08. The third-order valence-electron chi connectivity index (χ3n) is 6.13. The van der Waals surface area contributed by atoms with Gasteiger partial charge in [0.05, 0.1) is 41.5 Å². The summed E-state index contributed by atoms with van der Waals surface area (Å²) in [5.41, 5.74) is 13.8. The number of methoxy groups -OCH3 is 4. The smallest absolute Gasteiger partial charge is 0.231 e. The van der Waals surface area contributed by atoms with Crippen LogP contribution in [0.15, 0.2) is 66.7 Å². The highest BCUT2D eigenvalue weighted by atomic mass is 16.5. The Morgan fingerprint density at radius 2 is 1.22 bits per heavy atom. The summed E-state index contributed by atoms with van der Waals surface area (Å²) in [5.74, 6) is 2.16. The maximum atomic E-state index is 11.3. The van der Waals surface area contributed by atoms with Crippen LogP contribution in [0.1, 0.15) is 16.7 Å². The first kappa shape index (κ1) is 32.9. The number of rotatable bonds is 16. The summed E-state index contributed by atoms with van der Waals surface area (Å²) < 4.78 is 20.9. The van der Waals surface area contributed by atoms with Crippen LogP contribution in [-0.4, -0.2) is 71.3 Å². The molecule has 0 aromatic heterocycles. The Morgan fingerprint density at radius 3 is 1.71 bits per heavy atom. The lowest BCUT2D eigenvalue weighted by Crippen LogP contribution is -2.34. The molecule has 10 nitrogen and oxygen atoms in total. The first-order valence-electron chi connectivity index (χ1n) is 13.2. The van der Waals surface area contributed by atoms with Crippen LogP contribution >= 0.6 is 0 Å². The Labute approximate surface area is 242 Å². The van der Waals surface area contributed by atoms with E-state index in [4.69, 9.17) is 30.4 Å². The zero-order valence-electron chi connectivity index (χ0n) is 24.4. The van der Waals surface area contributed by atoms with Gasteiger partial charge in [0.15, 0.2) is 23.0 Å². The lowest BCUT2D eigenvalue weighted by molar-refractivity contribution is -0.119. The monoisotopic (exact) mass is 566 g/mol. The first-order chi connectivity index (χ1) is 19.8. The summed E-state index contributed by atoms with van der Waals surface area (Å²) >= 11 is 0. The number of hydrogen-bond donors (Lipinski definition) is 3. The highest BCUT2D eigenvalue weighted by Crippen LogP contribution is 2.28. The van der Waals surface area contributed by atoms with E-state index in [1.54, 1.807) is 28.4 Å². The summed E-state index contributed by atoms with van der Waals surface area (Å²) in [7, 11) is 6.45. The third kappa shape index (κ3) is 12.2. The molecule has 3 rings (SSSR count). The van der Waals surface area contributed by atoms with Crippen molar-refractivity contribution in [3.63, 3.8) is 0 Å². The van der Waals surface area contributed by atoms with Crippen LogP contribution in [0.25, 0.3) is 0 Å². The largest absolute Gasteiger partial charge is 0.493 e. The molecule has 41 heavy (non-hydrogen) atoms. The second kappa shape index (κ2) is 18.1. The lowest BCUT2D eigenvalue weighted by atomic mass is 10.1. The minimum absolute atomic E-state index is 0.202. The number of ether oxygens (including phenoxy) is 4. The Bertz CT molecular complexity index is 1220. The molecule has 0 bridgehead atoms. The van der Waals surface area contributed by atoms with E-state index in [-0.39, 0.29) is 24.9 Å². The van der Waals surface area contributed by atoms with E-state index >= 15 is 0 Å². The van der Waals surface area contributed by atoms with Crippen LogP contribution in [0, 0.1) is 0 Å². The summed E-state index contributed by atoms with van der Waals surface area (Å²) in [6, 6.07) is 21.7. The summed E-state index contributed by atoms with van der Waals surface area (Å²) in [6.07, 6.45) is 1.59. The number of hydrogen-bond acceptors (Lipinski definition) is 8. The van der Waals surface area contributed by atoms with Crippen molar-refractivity contribution < 1.29 is 28.5 Å². The molecule has 0 atom stereocenters. The van der Waals surface area contributed by atoms with Crippen molar-refractivity contribution in [1.29, 1.82) is 0 Å². The molecule has 0 saturated heterocycles. The zero-order chi connectivity index (χ0) is 30.0. The van der Waals surface area contributed by atoms with Gasteiger partial charge in [0.25, 0.3) is 0 Å². The summed E-state index contributed by atoms with van der Waals surface area (Å²) in [6.45, 7) is 2.55. The molecule has 0 radical (unpaired) electrons. The van der Waals surface area contributed by atoms with Crippen LogP contribution in [0.5, 0.6) is 23.0 Å². The van der Waals surface area contributed by atoms with Gasteiger partial charge in [0.2, 0.25) is 11.8 Å². The van der Waals surface area contributed by atoms with Crippen LogP contribution in [0.4, 0.5) is 0 Å². The molecule has 0 aliphatic rings. The fourth-order valence-corrected chi connectivity index (χ4v) is 4.08. The van der Waals surface area contributed by atoms with Crippen molar-refractivity contribution in [3.05, 3.63) is 83.4 Å². The molecule has 222 valence electrons. The van der Waals surface area contributed by atoms with E-state index < -0.39 is 0 Å². The molecule has 0 aliphatic carbocycles. The van der Waals surface area contributed by atoms with Gasteiger partial charge in [-0.15, -0.1) is 0 Å². The molecule has 2 amide bonds. The van der Waals surface area contributed by atoms with E-state index in [2.05, 4.69) is 5.32 Å². The fraction of sp³-hybridized carbons (Fsp3) is 0.355. The molecular formula is C31H42N4O6. The number of nitrogens with one attached hydrogen (secondary N) is 1. The molecule has 0 unspecified atom stereocenters. The third-order valence-corrected chi connectivity index (χ3v) is 6.13. The standard InChI is InChI=1S/C19H24N2O3.C12H18N2O3/c1-23-17-9-8-15(12-18(17)24-2)10-11-21(14-19(20)22)13-16-6-4-3-5-7-16;1-16-10-4-3-9(7-11(10)17-2)5-6-14-8-12(13)15/h3-9,12H,10-11,13-14H2,1-2H3,(H2,20,22);3-4,7,14H,5-6,8H2,1-2H3,(H2,13,15). The molecule has 0 saturated carbocycles. The topological polar surface area (TPSA) is 138 Å².